The second kappa shape index (κ2) is 4.89. The normalized spacial score (nSPS) is 21.2. The fourth-order valence-corrected chi connectivity index (χ4v) is 3.30. The highest BCUT2D eigenvalue weighted by atomic mass is 32.2. The van der Waals surface area contributed by atoms with Gasteiger partial charge in [0.1, 0.15) is 0 Å². The van der Waals surface area contributed by atoms with E-state index in [0.717, 1.165) is 4.31 Å². The van der Waals surface area contributed by atoms with Crippen LogP contribution in [0.5, 0.6) is 0 Å². The van der Waals surface area contributed by atoms with Crippen LogP contribution in [0.1, 0.15) is 12.8 Å². The number of nitrogens with two attached hydrogens (primary N) is 1. The summed E-state index contributed by atoms with van der Waals surface area (Å²) < 4.78 is 85.6. The summed E-state index contributed by atoms with van der Waals surface area (Å²) in [5, 5.41) is 0. The Morgan fingerprint density at radius 2 is 1.56 bits per heavy atom. The molecule has 1 rings (SSSR count). The van der Waals surface area contributed by atoms with Crippen LogP contribution in [0.15, 0.2) is 0 Å². The zero-order chi connectivity index (χ0) is 14.2. The van der Waals surface area contributed by atoms with E-state index in [1.165, 1.54) is 0 Å². The van der Waals surface area contributed by atoms with Crippen molar-refractivity contribution in [3.8, 4) is 0 Å². The monoisotopic (exact) mass is 296 g/mol. The van der Waals surface area contributed by atoms with E-state index >= 15 is 0 Å². The standard InChI is InChI=1S/C8H13F5N2O2S/c9-7(10,8(11,12)13)6(14)5-18(16,17)15-3-1-2-4-15/h6H,1-5,14H2. The molecule has 1 saturated heterocycles. The number of hydrogen-bond acceptors (Lipinski definition) is 3. The Morgan fingerprint density at radius 3 is 1.94 bits per heavy atom. The molecular formula is C8H13F5N2O2S. The van der Waals surface area contributed by atoms with Crippen LogP contribution in [0.4, 0.5) is 22.0 Å². The molecule has 0 amide bonds. The topological polar surface area (TPSA) is 63.4 Å². The highest BCUT2D eigenvalue weighted by Gasteiger charge is 2.62. The molecule has 0 aromatic carbocycles. The summed E-state index contributed by atoms with van der Waals surface area (Å²) in [7, 11) is -4.17. The maximum Gasteiger partial charge on any atom is 0.454 e. The summed E-state index contributed by atoms with van der Waals surface area (Å²) in [5.74, 6) is -6.64. The van der Waals surface area contributed by atoms with Crippen LogP contribution in [-0.2, 0) is 10.0 Å². The summed E-state index contributed by atoms with van der Waals surface area (Å²) in [6, 6.07) is -2.80. The Kier molecular flexibility index (Phi) is 4.23. The lowest BCUT2D eigenvalue weighted by Gasteiger charge is -2.27. The van der Waals surface area contributed by atoms with E-state index in [2.05, 4.69) is 0 Å². The van der Waals surface area contributed by atoms with Crippen molar-refractivity contribution in [2.75, 3.05) is 18.8 Å². The molecule has 4 nitrogen and oxygen atoms in total. The summed E-state index contributed by atoms with van der Waals surface area (Å²) in [6.45, 7) is 0.263. The van der Waals surface area contributed by atoms with Crippen molar-refractivity contribution in [3.05, 3.63) is 0 Å². The zero-order valence-corrected chi connectivity index (χ0v) is 10.1. The third-order valence-corrected chi connectivity index (χ3v) is 4.62. The van der Waals surface area contributed by atoms with Crippen LogP contribution in [0.2, 0.25) is 0 Å². The van der Waals surface area contributed by atoms with Gasteiger partial charge in [-0.25, -0.2) is 12.7 Å². The molecule has 18 heavy (non-hydrogen) atoms. The van der Waals surface area contributed by atoms with E-state index in [1.807, 2.05) is 0 Å². The largest absolute Gasteiger partial charge is 0.454 e. The molecular weight excluding hydrogens is 283 g/mol. The van der Waals surface area contributed by atoms with E-state index in [9.17, 15) is 30.4 Å². The molecule has 0 spiro atoms. The Morgan fingerprint density at radius 1 is 1.11 bits per heavy atom. The first-order valence-electron chi connectivity index (χ1n) is 5.16. The lowest BCUT2D eigenvalue weighted by Crippen LogP contribution is -2.55. The number of sulfonamides is 1. The number of hydrogen-bond donors (Lipinski definition) is 1. The highest BCUT2D eigenvalue weighted by Crippen LogP contribution is 2.38. The van der Waals surface area contributed by atoms with Gasteiger partial charge in [0, 0.05) is 13.1 Å². The molecule has 0 bridgehead atoms. The molecule has 1 aliphatic heterocycles. The fraction of sp³-hybridized carbons (Fsp3) is 1.00. The smallest absolute Gasteiger partial charge is 0.321 e. The summed E-state index contributed by atoms with van der Waals surface area (Å²) in [5.41, 5.74) is 4.72. The zero-order valence-electron chi connectivity index (χ0n) is 9.25. The van der Waals surface area contributed by atoms with Crippen molar-refractivity contribution in [3.63, 3.8) is 0 Å². The van der Waals surface area contributed by atoms with Gasteiger partial charge in [-0.3, -0.25) is 0 Å². The van der Waals surface area contributed by atoms with Crippen LogP contribution in [0, 0.1) is 0 Å². The third-order valence-electron chi connectivity index (χ3n) is 2.69. The predicted octanol–water partition coefficient (Wildman–Crippen LogP) is 0.937. The van der Waals surface area contributed by atoms with Crippen molar-refractivity contribution >= 4 is 10.0 Å². The molecule has 1 aliphatic rings. The molecule has 0 aliphatic carbocycles. The predicted molar refractivity (Wildman–Crippen MR) is 53.6 cm³/mol. The van der Waals surface area contributed by atoms with E-state index in [-0.39, 0.29) is 13.1 Å². The molecule has 1 unspecified atom stereocenters. The molecule has 0 radical (unpaired) electrons. The van der Waals surface area contributed by atoms with E-state index in [0.29, 0.717) is 12.8 Å². The van der Waals surface area contributed by atoms with Crippen molar-refractivity contribution < 1.29 is 30.4 Å². The molecule has 1 fully saturated rings. The van der Waals surface area contributed by atoms with Crippen LogP contribution < -0.4 is 5.73 Å². The average Bonchev–Trinajstić information content (AvgIpc) is 2.67. The Bertz CT molecular complexity index is 389. The van der Waals surface area contributed by atoms with Crippen molar-refractivity contribution in [2.24, 2.45) is 5.73 Å². The SMILES string of the molecule is NC(CS(=O)(=O)N1CCCC1)C(F)(F)C(F)(F)F. The third kappa shape index (κ3) is 3.09. The van der Waals surface area contributed by atoms with Gasteiger partial charge in [-0.15, -0.1) is 0 Å². The minimum Gasteiger partial charge on any atom is -0.321 e. The second-order valence-electron chi connectivity index (χ2n) is 4.11. The first-order valence-corrected chi connectivity index (χ1v) is 6.77. The summed E-state index contributed by atoms with van der Waals surface area (Å²) in [4.78, 5) is 0. The summed E-state index contributed by atoms with van der Waals surface area (Å²) in [6.07, 6.45) is -4.73. The van der Waals surface area contributed by atoms with Gasteiger partial charge in [-0.2, -0.15) is 22.0 Å². The molecule has 108 valence electrons. The second-order valence-corrected chi connectivity index (χ2v) is 6.13. The van der Waals surface area contributed by atoms with Crippen LogP contribution in [0.25, 0.3) is 0 Å². The van der Waals surface area contributed by atoms with Gasteiger partial charge in [0.25, 0.3) is 0 Å². The minimum atomic E-state index is -5.85. The molecule has 1 atom stereocenters. The van der Waals surface area contributed by atoms with E-state index in [1.54, 1.807) is 0 Å². The Balaban J connectivity index is 2.78. The summed E-state index contributed by atoms with van der Waals surface area (Å²) >= 11 is 0. The van der Waals surface area contributed by atoms with Gasteiger partial charge in [0.15, 0.2) is 0 Å². The van der Waals surface area contributed by atoms with E-state index in [4.69, 9.17) is 5.73 Å². The molecule has 10 heteroatoms. The molecule has 0 aromatic rings. The number of rotatable bonds is 4. The molecule has 0 saturated carbocycles. The van der Waals surface area contributed by atoms with Crippen LogP contribution in [-0.4, -0.2) is 49.7 Å². The lowest BCUT2D eigenvalue weighted by molar-refractivity contribution is -0.287. The number of alkyl halides is 5. The fourth-order valence-electron chi connectivity index (χ4n) is 1.61. The van der Waals surface area contributed by atoms with Gasteiger partial charge in [0.05, 0.1) is 11.8 Å². The molecule has 2 N–H and O–H groups in total. The number of nitrogens with zero attached hydrogens (tertiary/aromatic N) is 1. The average molecular weight is 296 g/mol. The number of halogens is 5. The Hall–Kier alpha value is -0.480. The Labute approximate surface area is 101 Å². The first kappa shape index (κ1) is 15.6. The van der Waals surface area contributed by atoms with Crippen molar-refractivity contribution in [1.82, 2.24) is 4.31 Å². The maximum absolute atomic E-state index is 12.8. The highest BCUT2D eigenvalue weighted by molar-refractivity contribution is 7.89. The van der Waals surface area contributed by atoms with Gasteiger partial charge >= 0.3 is 12.1 Å². The molecule has 1 heterocycles. The van der Waals surface area contributed by atoms with Crippen LogP contribution in [0.3, 0.4) is 0 Å². The van der Waals surface area contributed by atoms with Crippen molar-refractivity contribution in [2.45, 2.75) is 31.0 Å². The molecule has 0 aromatic heterocycles. The quantitative estimate of drug-likeness (QED) is 0.785. The van der Waals surface area contributed by atoms with Gasteiger partial charge in [-0.1, -0.05) is 0 Å². The minimum absolute atomic E-state index is 0.132. The first-order chi connectivity index (χ1) is 7.98. The van der Waals surface area contributed by atoms with Crippen LogP contribution >= 0.6 is 0 Å². The van der Waals surface area contributed by atoms with Gasteiger partial charge in [0.2, 0.25) is 10.0 Å². The lowest BCUT2D eigenvalue weighted by atomic mass is 10.2. The van der Waals surface area contributed by atoms with E-state index < -0.39 is 33.9 Å². The van der Waals surface area contributed by atoms with Gasteiger partial charge in [-0.05, 0) is 12.8 Å². The maximum atomic E-state index is 12.8. The van der Waals surface area contributed by atoms with Gasteiger partial charge < -0.3 is 5.73 Å². The van der Waals surface area contributed by atoms with Crippen molar-refractivity contribution in [1.29, 1.82) is 0 Å².